The molecule has 3 nitrogen and oxygen atoms in total. The Labute approximate surface area is 86.9 Å². The zero-order chi connectivity index (χ0) is 10.6. The Bertz CT molecular complexity index is 188. The van der Waals surface area contributed by atoms with E-state index in [0.717, 1.165) is 25.9 Å². The Kier molecular flexibility index (Phi) is 3.78. The van der Waals surface area contributed by atoms with Crippen molar-refractivity contribution in [1.29, 1.82) is 0 Å². The number of urea groups is 1. The van der Waals surface area contributed by atoms with E-state index in [1.807, 2.05) is 25.7 Å². The van der Waals surface area contributed by atoms with E-state index >= 15 is 0 Å². The summed E-state index contributed by atoms with van der Waals surface area (Å²) < 4.78 is 0. The van der Waals surface area contributed by atoms with Crippen LogP contribution in [0.25, 0.3) is 0 Å². The second-order valence-electron chi connectivity index (χ2n) is 5.08. The lowest BCUT2D eigenvalue weighted by Crippen LogP contribution is -2.48. The molecular formula is C11H22N2O. The molecule has 1 aliphatic heterocycles. The van der Waals surface area contributed by atoms with Crippen LogP contribution in [0.15, 0.2) is 0 Å². The quantitative estimate of drug-likeness (QED) is 0.636. The molecule has 1 heterocycles. The first-order valence-corrected chi connectivity index (χ1v) is 5.56. The molecule has 1 rings (SSSR count). The average Bonchev–Trinajstić information content (AvgIpc) is 2.27. The van der Waals surface area contributed by atoms with Crippen LogP contribution in [-0.4, -0.2) is 29.6 Å². The molecule has 3 heteroatoms. The van der Waals surface area contributed by atoms with Crippen molar-refractivity contribution in [3.8, 4) is 0 Å². The SMILES string of the molecule is CC(C)(C)NC(=O)N1CCCCCC1. The van der Waals surface area contributed by atoms with Gasteiger partial charge in [0.2, 0.25) is 0 Å². The fourth-order valence-electron chi connectivity index (χ4n) is 1.67. The standard InChI is InChI=1S/C11H22N2O/c1-11(2,3)12-10(14)13-8-6-4-5-7-9-13/h4-9H2,1-3H3,(H,12,14). The normalized spacial score (nSPS) is 18.9. The lowest BCUT2D eigenvalue weighted by atomic mass is 10.1. The van der Waals surface area contributed by atoms with E-state index in [2.05, 4.69) is 5.32 Å². The molecule has 0 aliphatic carbocycles. The summed E-state index contributed by atoms with van der Waals surface area (Å²) in [5, 5.41) is 3.00. The summed E-state index contributed by atoms with van der Waals surface area (Å²) in [6.45, 7) is 7.89. The topological polar surface area (TPSA) is 32.3 Å². The highest BCUT2D eigenvalue weighted by atomic mass is 16.2. The number of rotatable bonds is 0. The van der Waals surface area contributed by atoms with Gasteiger partial charge in [-0.05, 0) is 33.6 Å². The minimum Gasteiger partial charge on any atom is -0.333 e. The predicted molar refractivity (Wildman–Crippen MR) is 58.3 cm³/mol. The van der Waals surface area contributed by atoms with E-state index in [0.29, 0.717) is 0 Å². The predicted octanol–water partition coefficient (Wildman–Crippen LogP) is 2.37. The van der Waals surface area contributed by atoms with Crippen LogP contribution in [-0.2, 0) is 0 Å². The summed E-state index contributed by atoms with van der Waals surface area (Å²) in [5.74, 6) is 0. The lowest BCUT2D eigenvalue weighted by Gasteiger charge is -2.27. The molecule has 1 N–H and O–H groups in total. The highest BCUT2D eigenvalue weighted by Crippen LogP contribution is 2.10. The third-order valence-corrected chi connectivity index (χ3v) is 2.38. The molecule has 0 bridgehead atoms. The van der Waals surface area contributed by atoms with Crippen molar-refractivity contribution >= 4 is 6.03 Å². The van der Waals surface area contributed by atoms with Gasteiger partial charge in [-0.1, -0.05) is 12.8 Å². The fraction of sp³-hybridized carbons (Fsp3) is 0.909. The summed E-state index contributed by atoms with van der Waals surface area (Å²) in [5.41, 5.74) is -0.122. The molecule has 1 aliphatic rings. The molecule has 0 spiro atoms. The third-order valence-electron chi connectivity index (χ3n) is 2.38. The van der Waals surface area contributed by atoms with Crippen LogP contribution in [0.5, 0.6) is 0 Å². The first-order chi connectivity index (χ1) is 6.49. The van der Waals surface area contributed by atoms with Gasteiger partial charge < -0.3 is 10.2 Å². The van der Waals surface area contributed by atoms with E-state index < -0.39 is 0 Å². The molecule has 1 saturated heterocycles. The Morgan fingerprint density at radius 2 is 1.57 bits per heavy atom. The van der Waals surface area contributed by atoms with Crippen LogP contribution < -0.4 is 5.32 Å². The zero-order valence-electron chi connectivity index (χ0n) is 9.60. The van der Waals surface area contributed by atoms with Crippen LogP contribution in [0.4, 0.5) is 4.79 Å². The van der Waals surface area contributed by atoms with Crippen molar-refractivity contribution in [2.75, 3.05) is 13.1 Å². The molecule has 14 heavy (non-hydrogen) atoms. The summed E-state index contributed by atoms with van der Waals surface area (Å²) in [6.07, 6.45) is 4.83. The zero-order valence-corrected chi connectivity index (χ0v) is 9.60. The molecule has 0 aromatic rings. The first-order valence-electron chi connectivity index (χ1n) is 5.56. The van der Waals surface area contributed by atoms with E-state index in [4.69, 9.17) is 0 Å². The fourth-order valence-corrected chi connectivity index (χ4v) is 1.67. The highest BCUT2D eigenvalue weighted by molar-refractivity contribution is 5.74. The second kappa shape index (κ2) is 4.67. The van der Waals surface area contributed by atoms with Gasteiger partial charge in [0.05, 0.1) is 0 Å². The van der Waals surface area contributed by atoms with Crippen molar-refractivity contribution in [1.82, 2.24) is 10.2 Å². The number of amides is 2. The van der Waals surface area contributed by atoms with Crippen molar-refractivity contribution in [2.45, 2.75) is 52.0 Å². The van der Waals surface area contributed by atoms with E-state index in [1.54, 1.807) is 0 Å². The summed E-state index contributed by atoms with van der Waals surface area (Å²) in [6, 6.07) is 0.0967. The molecule has 0 aromatic carbocycles. The summed E-state index contributed by atoms with van der Waals surface area (Å²) >= 11 is 0. The smallest absolute Gasteiger partial charge is 0.317 e. The number of likely N-dealkylation sites (tertiary alicyclic amines) is 1. The molecular weight excluding hydrogens is 176 g/mol. The van der Waals surface area contributed by atoms with Gasteiger partial charge in [0.15, 0.2) is 0 Å². The van der Waals surface area contributed by atoms with E-state index in [1.165, 1.54) is 12.8 Å². The average molecular weight is 198 g/mol. The number of nitrogens with one attached hydrogen (secondary N) is 1. The molecule has 0 atom stereocenters. The van der Waals surface area contributed by atoms with Gasteiger partial charge in [-0.25, -0.2) is 4.79 Å². The number of carbonyl (C=O) groups is 1. The molecule has 0 unspecified atom stereocenters. The largest absolute Gasteiger partial charge is 0.333 e. The van der Waals surface area contributed by atoms with Gasteiger partial charge >= 0.3 is 6.03 Å². The van der Waals surface area contributed by atoms with Crippen LogP contribution in [0, 0.1) is 0 Å². The maximum absolute atomic E-state index is 11.8. The molecule has 82 valence electrons. The second-order valence-corrected chi connectivity index (χ2v) is 5.08. The van der Waals surface area contributed by atoms with Gasteiger partial charge in [0.25, 0.3) is 0 Å². The van der Waals surface area contributed by atoms with Crippen molar-refractivity contribution in [2.24, 2.45) is 0 Å². The van der Waals surface area contributed by atoms with E-state index in [-0.39, 0.29) is 11.6 Å². The number of nitrogens with zero attached hydrogens (tertiary/aromatic N) is 1. The molecule has 0 saturated carbocycles. The maximum atomic E-state index is 11.8. The highest BCUT2D eigenvalue weighted by Gasteiger charge is 2.19. The summed E-state index contributed by atoms with van der Waals surface area (Å²) in [7, 11) is 0. The van der Waals surface area contributed by atoms with Crippen molar-refractivity contribution in [3.05, 3.63) is 0 Å². The number of carbonyl (C=O) groups excluding carboxylic acids is 1. The Morgan fingerprint density at radius 3 is 2.00 bits per heavy atom. The van der Waals surface area contributed by atoms with E-state index in [9.17, 15) is 4.79 Å². The van der Waals surface area contributed by atoms with Gasteiger partial charge in [0.1, 0.15) is 0 Å². The monoisotopic (exact) mass is 198 g/mol. The Balaban J connectivity index is 2.42. The maximum Gasteiger partial charge on any atom is 0.317 e. The van der Waals surface area contributed by atoms with Crippen molar-refractivity contribution in [3.63, 3.8) is 0 Å². The van der Waals surface area contributed by atoms with Crippen LogP contribution in [0.3, 0.4) is 0 Å². The minimum absolute atomic E-state index is 0.0967. The minimum atomic E-state index is -0.122. The van der Waals surface area contributed by atoms with Crippen LogP contribution >= 0.6 is 0 Å². The van der Waals surface area contributed by atoms with Gasteiger partial charge in [-0.15, -0.1) is 0 Å². The Hall–Kier alpha value is -0.730. The van der Waals surface area contributed by atoms with Gasteiger partial charge in [0, 0.05) is 18.6 Å². The third kappa shape index (κ3) is 3.99. The van der Waals surface area contributed by atoms with Crippen LogP contribution in [0.2, 0.25) is 0 Å². The Morgan fingerprint density at radius 1 is 1.07 bits per heavy atom. The molecule has 2 amide bonds. The van der Waals surface area contributed by atoms with Crippen LogP contribution in [0.1, 0.15) is 46.5 Å². The molecule has 0 radical (unpaired) electrons. The van der Waals surface area contributed by atoms with Crippen molar-refractivity contribution < 1.29 is 4.79 Å². The van der Waals surface area contributed by atoms with Gasteiger partial charge in [-0.3, -0.25) is 0 Å². The number of hydrogen-bond acceptors (Lipinski definition) is 1. The lowest BCUT2D eigenvalue weighted by molar-refractivity contribution is 0.190. The number of hydrogen-bond donors (Lipinski definition) is 1. The molecule has 0 aromatic heterocycles. The first kappa shape index (κ1) is 11.3. The van der Waals surface area contributed by atoms with Gasteiger partial charge in [-0.2, -0.15) is 0 Å². The summed E-state index contributed by atoms with van der Waals surface area (Å²) in [4.78, 5) is 13.7. The molecule has 1 fully saturated rings.